The Bertz CT molecular complexity index is 173. The first-order valence-electron chi connectivity index (χ1n) is 3.01. The number of imide groups is 1. The number of ether oxygens (including phenoxy) is 1. The van der Waals surface area contributed by atoms with E-state index in [1.807, 2.05) is 0 Å². The quantitative estimate of drug-likeness (QED) is 0.436. The van der Waals surface area contributed by atoms with Crippen molar-refractivity contribution in [2.24, 2.45) is 0 Å². The van der Waals surface area contributed by atoms with E-state index in [4.69, 9.17) is 0 Å². The Morgan fingerprint density at radius 1 is 1.36 bits per heavy atom. The number of rotatable bonds is 0. The maximum absolute atomic E-state index is 11.5. The fourth-order valence-corrected chi connectivity index (χ4v) is 0.384. The number of halogens is 1. The van der Waals surface area contributed by atoms with Crippen molar-refractivity contribution in [2.45, 2.75) is 26.4 Å². The molecule has 0 fully saturated rings. The van der Waals surface area contributed by atoms with Crippen LogP contribution in [-0.4, -0.2) is 17.9 Å². The second-order valence-corrected chi connectivity index (χ2v) is 2.90. The lowest BCUT2D eigenvalue weighted by molar-refractivity contribution is 0.0540. The van der Waals surface area contributed by atoms with Gasteiger partial charge in [-0.1, -0.05) is 0 Å². The fourth-order valence-electron chi connectivity index (χ4n) is 0.384. The van der Waals surface area contributed by atoms with Crippen molar-refractivity contribution in [1.29, 1.82) is 0 Å². The highest BCUT2D eigenvalue weighted by molar-refractivity contribution is 5.86. The molecule has 1 N–H and O–H groups in total. The van der Waals surface area contributed by atoms with E-state index < -0.39 is 17.9 Å². The van der Waals surface area contributed by atoms with E-state index in [1.165, 1.54) is 5.32 Å². The molecule has 0 aliphatic rings. The number of hydrogen-bond acceptors (Lipinski definition) is 3. The Hall–Kier alpha value is -1.13. The monoisotopic (exact) mass is 163 g/mol. The molecule has 64 valence electrons. The number of amides is 2. The van der Waals surface area contributed by atoms with Gasteiger partial charge in [0.2, 0.25) is 0 Å². The van der Waals surface area contributed by atoms with Gasteiger partial charge in [-0.05, 0) is 20.8 Å². The molecule has 0 bridgehead atoms. The summed E-state index contributed by atoms with van der Waals surface area (Å²) < 4.78 is 16.0. The van der Waals surface area contributed by atoms with Gasteiger partial charge in [-0.2, -0.15) is 0 Å². The van der Waals surface area contributed by atoms with E-state index >= 15 is 0 Å². The molecule has 0 aliphatic heterocycles. The van der Waals surface area contributed by atoms with E-state index in [9.17, 15) is 14.0 Å². The van der Waals surface area contributed by atoms with E-state index in [0.29, 0.717) is 0 Å². The summed E-state index contributed by atoms with van der Waals surface area (Å²) in [5.41, 5.74) is -0.723. The predicted molar refractivity (Wildman–Crippen MR) is 35.9 cm³/mol. The molecule has 11 heavy (non-hydrogen) atoms. The summed E-state index contributed by atoms with van der Waals surface area (Å²) >= 11 is 0. The van der Waals surface area contributed by atoms with Gasteiger partial charge in [0, 0.05) is 0 Å². The van der Waals surface area contributed by atoms with Crippen molar-refractivity contribution in [3.05, 3.63) is 0 Å². The minimum absolute atomic E-state index is 0.723. The normalized spacial score (nSPS) is 10.5. The summed E-state index contributed by atoms with van der Waals surface area (Å²) in [7, 11) is 0. The average Bonchev–Trinajstić information content (AvgIpc) is 1.53. The Morgan fingerprint density at radius 3 is 2.09 bits per heavy atom. The maximum atomic E-state index is 11.5. The lowest BCUT2D eigenvalue weighted by Gasteiger charge is -2.18. The summed E-state index contributed by atoms with van der Waals surface area (Å²) in [5.74, 6) is 0. The Morgan fingerprint density at radius 2 is 1.82 bits per heavy atom. The molecule has 2 amide bonds. The van der Waals surface area contributed by atoms with Gasteiger partial charge < -0.3 is 4.74 Å². The summed E-state index contributed by atoms with van der Waals surface area (Å²) in [5, 5.41) is 1.33. The molecule has 0 unspecified atom stereocenters. The molecule has 0 aromatic rings. The number of hydrogen-bond donors (Lipinski definition) is 1. The van der Waals surface area contributed by atoms with Crippen molar-refractivity contribution >= 4 is 12.3 Å². The second-order valence-electron chi connectivity index (χ2n) is 2.90. The van der Waals surface area contributed by atoms with Gasteiger partial charge in [0.05, 0.1) is 0 Å². The summed E-state index contributed by atoms with van der Waals surface area (Å²) in [6, 6.07) is 0. The topological polar surface area (TPSA) is 55.4 Å². The minimum atomic E-state index is -1.92. The molecule has 4 nitrogen and oxygen atoms in total. The molecule has 0 atom stereocenters. The first kappa shape index (κ1) is 9.87. The van der Waals surface area contributed by atoms with Crippen LogP contribution in [0.5, 0.6) is 0 Å². The largest absolute Gasteiger partial charge is 0.443 e. The van der Waals surface area contributed by atoms with E-state index in [-0.39, 0.29) is 0 Å². The van der Waals surface area contributed by atoms with Crippen molar-refractivity contribution < 1.29 is 18.7 Å². The first-order valence-corrected chi connectivity index (χ1v) is 3.01. The van der Waals surface area contributed by atoms with Crippen molar-refractivity contribution in [3.8, 4) is 0 Å². The zero-order valence-electron chi connectivity index (χ0n) is 6.60. The molecule has 0 spiro atoms. The van der Waals surface area contributed by atoms with Crippen molar-refractivity contribution in [3.63, 3.8) is 0 Å². The fraction of sp³-hybridized carbons (Fsp3) is 0.667. The minimum Gasteiger partial charge on any atom is -0.443 e. The summed E-state index contributed by atoms with van der Waals surface area (Å²) in [6.07, 6.45) is -3.00. The molecule has 0 heterocycles. The maximum Gasteiger partial charge on any atom is 0.416 e. The average molecular weight is 163 g/mol. The molecule has 0 aromatic carbocycles. The van der Waals surface area contributed by atoms with Crippen molar-refractivity contribution in [1.82, 2.24) is 5.32 Å². The molecule has 0 aromatic heterocycles. The van der Waals surface area contributed by atoms with Gasteiger partial charge >= 0.3 is 12.3 Å². The summed E-state index contributed by atoms with van der Waals surface area (Å²) in [6.45, 7) is 4.82. The van der Waals surface area contributed by atoms with Crippen LogP contribution < -0.4 is 5.32 Å². The van der Waals surface area contributed by atoms with E-state index in [1.54, 1.807) is 20.8 Å². The molecule has 5 heteroatoms. The van der Waals surface area contributed by atoms with Gasteiger partial charge in [0.25, 0.3) is 0 Å². The number of carbonyl (C=O) groups is 2. The smallest absolute Gasteiger partial charge is 0.416 e. The van der Waals surface area contributed by atoms with E-state index in [2.05, 4.69) is 4.74 Å². The lowest BCUT2D eigenvalue weighted by atomic mass is 10.2. The van der Waals surface area contributed by atoms with Crippen LogP contribution in [0.4, 0.5) is 14.0 Å². The molecule has 0 saturated heterocycles. The van der Waals surface area contributed by atoms with Crippen LogP contribution in [-0.2, 0) is 4.74 Å². The Kier molecular flexibility index (Phi) is 2.98. The van der Waals surface area contributed by atoms with E-state index in [0.717, 1.165) is 0 Å². The third-order valence-corrected chi connectivity index (χ3v) is 0.599. The zero-order chi connectivity index (χ0) is 9.07. The van der Waals surface area contributed by atoms with Gasteiger partial charge in [-0.25, -0.2) is 14.9 Å². The van der Waals surface area contributed by atoms with Crippen LogP contribution in [0.1, 0.15) is 20.8 Å². The number of carbonyl (C=O) groups excluding carboxylic acids is 2. The highest BCUT2D eigenvalue weighted by atomic mass is 19.1. The van der Waals surface area contributed by atoms with Gasteiger partial charge in [-0.15, -0.1) is 4.39 Å². The molecular weight excluding hydrogens is 153 g/mol. The lowest BCUT2D eigenvalue weighted by Crippen LogP contribution is -2.33. The highest BCUT2D eigenvalue weighted by Gasteiger charge is 2.17. The van der Waals surface area contributed by atoms with Gasteiger partial charge in [0.1, 0.15) is 5.60 Å². The van der Waals surface area contributed by atoms with Crippen LogP contribution in [0.3, 0.4) is 0 Å². The molecule has 0 saturated carbocycles. The second kappa shape index (κ2) is 3.32. The van der Waals surface area contributed by atoms with Crippen LogP contribution in [0, 0.1) is 0 Å². The third-order valence-electron chi connectivity index (χ3n) is 0.599. The van der Waals surface area contributed by atoms with Gasteiger partial charge in [0.15, 0.2) is 0 Å². The zero-order valence-corrected chi connectivity index (χ0v) is 6.60. The highest BCUT2D eigenvalue weighted by Crippen LogP contribution is 2.06. The Labute approximate surface area is 63.7 Å². The Balaban J connectivity index is 3.80. The van der Waals surface area contributed by atoms with Crippen LogP contribution >= 0.6 is 0 Å². The first-order chi connectivity index (χ1) is 4.81. The molecule has 0 aliphatic carbocycles. The van der Waals surface area contributed by atoms with Crippen LogP contribution in [0.15, 0.2) is 0 Å². The standard InChI is InChI=1S/C6H10FNO3/c1-6(2,3)11-5(10)8-4(7)9/h1-3H3,(H,8,9,10). The van der Waals surface area contributed by atoms with Crippen LogP contribution in [0.2, 0.25) is 0 Å². The molecular formula is C6H10FNO3. The summed E-state index contributed by atoms with van der Waals surface area (Å²) in [4.78, 5) is 20.1. The molecule has 0 rings (SSSR count). The molecule has 0 radical (unpaired) electrons. The SMILES string of the molecule is CC(C)(C)OC(=O)NC(=O)F. The third kappa shape index (κ3) is 6.76. The predicted octanol–water partition coefficient (Wildman–Crippen LogP) is 1.60. The van der Waals surface area contributed by atoms with Crippen LogP contribution in [0.25, 0.3) is 0 Å². The number of nitrogens with one attached hydrogen (secondary N) is 1. The van der Waals surface area contributed by atoms with Crippen molar-refractivity contribution in [2.75, 3.05) is 0 Å². The van der Waals surface area contributed by atoms with Gasteiger partial charge in [-0.3, -0.25) is 0 Å². The number of alkyl carbamates (subject to hydrolysis) is 1.